The van der Waals surface area contributed by atoms with Crippen molar-refractivity contribution >= 4 is 25.8 Å². The van der Waals surface area contributed by atoms with Crippen LogP contribution in [0.2, 0.25) is 0 Å². The van der Waals surface area contributed by atoms with Crippen LogP contribution in [0.25, 0.3) is 0 Å². The highest BCUT2D eigenvalue weighted by molar-refractivity contribution is 7.91. The Morgan fingerprint density at radius 2 is 1.96 bits per heavy atom. The zero-order chi connectivity index (χ0) is 18.8. The van der Waals surface area contributed by atoms with E-state index < -0.39 is 31.8 Å². The molecule has 1 aromatic carbocycles. The van der Waals surface area contributed by atoms with Gasteiger partial charge in [-0.1, -0.05) is 13.0 Å². The minimum atomic E-state index is -3.79. The zero-order valence-electron chi connectivity index (χ0n) is 14.6. The van der Waals surface area contributed by atoms with Gasteiger partial charge in [0.2, 0.25) is 15.9 Å². The van der Waals surface area contributed by atoms with E-state index in [1.54, 1.807) is 19.1 Å². The normalized spacial score (nSPS) is 19.9. The van der Waals surface area contributed by atoms with E-state index in [-0.39, 0.29) is 29.5 Å². The van der Waals surface area contributed by atoms with Crippen molar-refractivity contribution in [2.24, 2.45) is 0 Å². The second-order valence-electron chi connectivity index (χ2n) is 6.34. The number of rotatable bonds is 6. The van der Waals surface area contributed by atoms with Gasteiger partial charge in [-0.3, -0.25) is 4.79 Å². The fraction of sp³-hybridized carbons (Fsp3) is 0.562. The third kappa shape index (κ3) is 4.80. The number of aryl methyl sites for hydroxylation is 2. The Morgan fingerprint density at radius 3 is 2.48 bits per heavy atom. The van der Waals surface area contributed by atoms with Crippen LogP contribution in [0.5, 0.6) is 0 Å². The highest BCUT2D eigenvalue weighted by atomic mass is 32.2. The zero-order valence-corrected chi connectivity index (χ0v) is 16.3. The Hall–Kier alpha value is -1.45. The van der Waals surface area contributed by atoms with Crippen molar-refractivity contribution in [3.05, 3.63) is 29.3 Å². The molecule has 0 unspecified atom stereocenters. The number of hydrogen-bond acceptors (Lipinski definition) is 5. The number of hydrogen-bond donors (Lipinski definition) is 1. The van der Waals surface area contributed by atoms with E-state index >= 15 is 0 Å². The van der Waals surface area contributed by atoms with Gasteiger partial charge >= 0.3 is 0 Å². The highest BCUT2D eigenvalue weighted by Crippen LogP contribution is 2.19. The number of amides is 1. The largest absolute Gasteiger partial charge is 0.351 e. The van der Waals surface area contributed by atoms with E-state index in [4.69, 9.17) is 0 Å². The molecule has 1 aliphatic heterocycles. The van der Waals surface area contributed by atoms with Crippen LogP contribution in [0.15, 0.2) is 23.1 Å². The first-order valence-corrected chi connectivity index (χ1v) is 11.4. The molecule has 0 aromatic heterocycles. The Labute approximate surface area is 149 Å². The topological polar surface area (TPSA) is 101 Å². The summed E-state index contributed by atoms with van der Waals surface area (Å²) in [6.07, 6.45) is 0.365. The maximum atomic E-state index is 12.8. The molecule has 0 saturated carbocycles. The van der Waals surface area contributed by atoms with Crippen LogP contribution in [0, 0.1) is 13.8 Å². The SMILES string of the molecule is CCN(CC(=O)N[C@@H]1CCS(=O)(=O)C1)S(=O)(=O)c1ccc(C)c(C)c1. The molecule has 25 heavy (non-hydrogen) atoms. The van der Waals surface area contributed by atoms with Crippen LogP contribution >= 0.6 is 0 Å². The molecule has 1 saturated heterocycles. The molecule has 2 rings (SSSR count). The van der Waals surface area contributed by atoms with Crippen LogP contribution in [-0.4, -0.2) is 57.7 Å². The van der Waals surface area contributed by atoms with E-state index in [2.05, 4.69) is 5.32 Å². The van der Waals surface area contributed by atoms with E-state index in [1.807, 2.05) is 13.8 Å². The molecule has 7 nitrogen and oxygen atoms in total. The summed E-state index contributed by atoms with van der Waals surface area (Å²) in [5.41, 5.74) is 1.85. The minimum absolute atomic E-state index is 0.0520. The second kappa shape index (κ2) is 7.43. The predicted molar refractivity (Wildman–Crippen MR) is 95.6 cm³/mol. The molecule has 9 heteroatoms. The quantitative estimate of drug-likeness (QED) is 0.770. The van der Waals surface area contributed by atoms with Crippen molar-refractivity contribution < 1.29 is 21.6 Å². The Morgan fingerprint density at radius 1 is 1.28 bits per heavy atom. The fourth-order valence-corrected chi connectivity index (χ4v) is 5.90. The van der Waals surface area contributed by atoms with Gasteiger partial charge in [0.05, 0.1) is 22.9 Å². The Balaban J connectivity index is 2.10. The van der Waals surface area contributed by atoms with Crippen LogP contribution in [0.4, 0.5) is 0 Å². The molecule has 0 spiro atoms. The lowest BCUT2D eigenvalue weighted by molar-refractivity contribution is -0.121. The van der Waals surface area contributed by atoms with Crippen molar-refractivity contribution in [3.8, 4) is 0 Å². The van der Waals surface area contributed by atoms with Gasteiger partial charge in [-0.25, -0.2) is 16.8 Å². The third-order valence-electron chi connectivity index (χ3n) is 4.39. The van der Waals surface area contributed by atoms with Gasteiger partial charge in [-0.2, -0.15) is 4.31 Å². The molecule has 1 N–H and O–H groups in total. The number of carbonyl (C=O) groups is 1. The van der Waals surface area contributed by atoms with Gasteiger partial charge in [0.15, 0.2) is 9.84 Å². The van der Waals surface area contributed by atoms with Crippen molar-refractivity contribution in [1.82, 2.24) is 9.62 Å². The number of nitrogens with one attached hydrogen (secondary N) is 1. The highest BCUT2D eigenvalue weighted by Gasteiger charge is 2.31. The van der Waals surface area contributed by atoms with Crippen LogP contribution in [-0.2, 0) is 24.7 Å². The Bertz CT molecular complexity index is 863. The third-order valence-corrected chi connectivity index (χ3v) is 8.07. The summed E-state index contributed by atoms with van der Waals surface area (Å²) in [6, 6.07) is 4.41. The molecule has 0 radical (unpaired) electrons. The lowest BCUT2D eigenvalue weighted by atomic mass is 10.1. The lowest BCUT2D eigenvalue weighted by Crippen LogP contribution is -2.44. The summed E-state index contributed by atoms with van der Waals surface area (Å²) >= 11 is 0. The lowest BCUT2D eigenvalue weighted by Gasteiger charge is -2.21. The van der Waals surface area contributed by atoms with E-state index in [0.29, 0.717) is 6.42 Å². The van der Waals surface area contributed by atoms with E-state index in [9.17, 15) is 21.6 Å². The monoisotopic (exact) mass is 388 g/mol. The second-order valence-corrected chi connectivity index (χ2v) is 10.5. The number of sulfonamides is 1. The van der Waals surface area contributed by atoms with Gasteiger partial charge in [-0.15, -0.1) is 0 Å². The summed E-state index contributed by atoms with van der Waals surface area (Å²) in [5.74, 6) is -0.526. The average Bonchev–Trinajstić information content (AvgIpc) is 2.85. The van der Waals surface area contributed by atoms with Gasteiger partial charge in [-0.05, 0) is 43.5 Å². The first kappa shape index (κ1) is 19.9. The molecule has 1 heterocycles. The molecule has 1 amide bonds. The van der Waals surface area contributed by atoms with Crippen molar-refractivity contribution in [3.63, 3.8) is 0 Å². The van der Waals surface area contributed by atoms with Crippen LogP contribution in [0.1, 0.15) is 24.5 Å². The maximum Gasteiger partial charge on any atom is 0.243 e. The molecule has 1 fully saturated rings. The number of likely N-dealkylation sites (N-methyl/N-ethyl adjacent to an activating group) is 1. The van der Waals surface area contributed by atoms with Gasteiger partial charge < -0.3 is 5.32 Å². The number of carbonyl (C=O) groups excluding carboxylic acids is 1. The molecular weight excluding hydrogens is 364 g/mol. The maximum absolute atomic E-state index is 12.8. The summed E-state index contributed by atoms with van der Waals surface area (Å²) in [7, 11) is -6.89. The van der Waals surface area contributed by atoms with Crippen molar-refractivity contribution in [2.75, 3.05) is 24.6 Å². The molecule has 0 bridgehead atoms. The predicted octanol–water partition coefficient (Wildman–Crippen LogP) is 0.617. The average molecular weight is 389 g/mol. The summed E-state index contributed by atoms with van der Waals surface area (Å²) < 4.78 is 49.5. The number of sulfone groups is 1. The van der Waals surface area contributed by atoms with E-state index in [1.165, 1.54) is 6.07 Å². The van der Waals surface area contributed by atoms with Gasteiger partial charge in [0.1, 0.15) is 0 Å². The standard InChI is InChI=1S/C16H24N2O5S2/c1-4-18(10-16(19)17-14-7-8-24(20,21)11-14)25(22,23)15-6-5-12(2)13(3)9-15/h5-6,9,14H,4,7-8,10-11H2,1-3H3,(H,17,19)/t14-/m1/s1. The first-order valence-electron chi connectivity index (χ1n) is 8.12. The number of benzene rings is 1. The number of nitrogens with zero attached hydrogens (tertiary/aromatic N) is 1. The van der Waals surface area contributed by atoms with Crippen LogP contribution in [0.3, 0.4) is 0 Å². The van der Waals surface area contributed by atoms with Crippen molar-refractivity contribution in [2.45, 2.75) is 38.1 Å². The molecule has 140 valence electrons. The summed E-state index contributed by atoms with van der Waals surface area (Å²) in [6.45, 7) is 5.20. The molecule has 1 atom stereocenters. The molecule has 1 aromatic rings. The van der Waals surface area contributed by atoms with E-state index in [0.717, 1.165) is 15.4 Å². The molecule has 0 aliphatic carbocycles. The molecule has 1 aliphatic rings. The van der Waals surface area contributed by atoms with Gasteiger partial charge in [0.25, 0.3) is 0 Å². The fourth-order valence-electron chi connectivity index (χ4n) is 2.73. The summed E-state index contributed by atoms with van der Waals surface area (Å²) in [5, 5.41) is 2.62. The van der Waals surface area contributed by atoms with Crippen LogP contribution < -0.4 is 5.32 Å². The first-order chi connectivity index (χ1) is 11.5. The van der Waals surface area contributed by atoms with Crippen molar-refractivity contribution in [1.29, 1.82) is 0 Å². The molecular formula is C16H24N2O5S2. The smallest absolute Gasteiger partial charge is 0.243 e. The minimum Gasteiger partial charge on any atom is -0.351 e. The Kier molecular flexibility index (Phi) is 5.90. The van der Waals surface area contributed by atoms with Gasteiger partial charge in [0, 0.05) is 12.6 Å². The summed E-state index contributed by atoms with van der Waals surface area (Å²) in [4.78, 5) is 12.3.